The number of carbonyl (C=O) groups excluding carboxylic acids is 2. The SMILES string of the molecule is C=C(C)CN=C(N)NCCN1C(=O)C2C3C=CC(C3)C2C1=O.I. The molecule has 0 aromatic carbocycles. The number of fused-ring (bicyclic) bond motifs is 5. The van der Waals surface area contributed by atoms with Gasteiger partial charge in [-0.15, -0.1) is 24.0 Å². The summed E-state index contributed by atoms with van der Waals surface area (Å²) in [7, 11) is 0. The maximum Gasteiger partial charge on any atom is 0.233 e. The lowest BCUT2D eigenvalue weighted by atomic mass is 9.85. The molecule has 7 heteroatoms. The summed E-state index contributed by atoms with van der Waals surface area (Å²) in [5.41, 5.74) is 6.64. The second-order valence-corrected chi connectivity index (χ2v) is 6.41. The predicted octanol–water partition coefficient (Wildman–Crippen LogP) is 0.892. The summed E-state index contributed by atoms with van der Waals surface area (Å²) in [4.78, 5) is 30.4. The Morgan fingerprint density at radius 2 is 1.91 bits per heavy atom. The van der Waals surface area contributed by atoms with Gasteiger partial charge in [-0.05, 0) is 25.2 Å². The Kier molecular flexibility index (Phi) is 5.49. The van der Waals surface area contributed by atoms with Crippen LogP contribution in [-0.2, 0) is 9.59 Å². The van der Waals surface area contributed by atoms with Gasteiger partial charge in [0.05, 0.1) is 18.4 Å². The number of rotatable bonds is 5. The molecule has 4 unspecified atom stereocenters. The van der Waals surface area contributed by atoms with Crippen molar-refractivity contribution < 1.29 is 9.59 Å². The number of allylic oxidation sites excluding steroid dienone is 2. The minimum atomic E-state index is -0.128. The number of amides is 2. The Morgan fingerprint density at radius 3 is 2.43 bits per heavy atom. The van der Waals surface area contributed by atoms with Gasteiger partial charge in [0.2, 0.25) is 11.8 Å². The van der Waals surface area contributed by atoms with Crippen molar-refractivity contribution >= 4 is 41.8 Å². The van der Waals surface area contributed by atoms with Crippen molar-refractivity contribution in [3.05, 3.63) is 24.3 Å². The number of guanidine groups is 1. The van der Waals surface area contributed by atoms with Crippen LogP contribution in [0.2, 0.25) is 0 Å². The van der Waals surface area contributed by atoms with E-state index in [-0.39, 0.29) is 59.5 Å². The highest BCUT2D eigenvalue weighted by Crippen LogP contribution is 2.52. The molecule has 6 nitrogen and oxygen atoms in total. The molecule has 126 valence electrons. The van der Waals surface area contributed by atoms with Crippen molar-refractivity contribution in [1.82, 2.24) is 10.2 Å². The van der Waals surface area contributed by atoms with Crippen LogP contribution in [0.5, 0.6) is 0 Å². The second kappa shape index (κ2) is 7.02. The number of carbonyl (C=O) groups is 2. The van der Waals surface area contributed by atoms with E-state index in [2.05, 4.69) is 29.0 Å². The monoisotopic (exact) mass is 430 g/mol. The van der Waals surface area contributed by atoms with Crippen LogP contribution in [-0.4, -0.2) is 42.3 Å². The van der Waals surface area contributed by atoms with Crippen molar-refractivity contribution in [2.45, 2.75) is 13.3 Å². The lowest BCUT2D eigenvalue weighted by Crippen LogP contribution is -2.41. The van der Waals surface area contributed by atoms with Gasteiger partial charge in [-0.3, -0.25) is 14.5 Å². The zero-order chi connectivity index (χ0) is 15.9. The quantitative estimate of drug-likeness (QED) is 0.223. The smallest absolute Gasteiger partial charge is 0.233 e. The minimum Gasteiger partial charge on any atom is -0.370 e. The van der Waals surface area contributed by atoms with Crippen LogP contribution < -0.4 is 11.1 Å². The number of nitrogens with zero attached hydrogens (tertiary/aromatic N) is 2. The molecule has 0 radical (unpaired) electrons. The number of nitrogens with two attached hydrogens (primary N) is 1. The first-order valence-electron chi connectivity index (χ1n) is 7.70. The van der Waals surface area contributed by atoms with E-state index in [4.69, 9.17) is 5.73 Å². The molecule has 2 aliphatic carbocycles. The topological polar surface area (TPSA) is 87.8 Å². The number of hydrogen-bond acceptors (Lipinski definition) is 3. The van der Waals surface area contributed by atoms with Gasteiger partial charge in [-0.1, -0.05) is 24.3 Å². The standard InChI is InChI=1S/C16H22N4O2.HI/c1-9(2)8-19-16(17)18-5-6-20-14(21)12-10-3-4-11(7-10)13(12)15(20)22;/h3-4,10-13H,1,5-8H2,2H3,(H3,17,18,19);1H. The molecule has 3 N–H and O–H groups in total. The largest absolute Gasteiger partial charge is 0.370 e. The Balaban J connectivity index is 0.00000192. The number of imide groups is 1. The molecule has 1 saturated carbocycles. The minimum absolute atomic E-state index is 0. The fraction of sp³-hybridized carbons (Fsp3) is 0.562. The van der Waals surface area contributed by atoms with E-state index in [1.54, 1.807) is 0 Å². The predicted molar refractivity (Wildman–Crippen MR) is 99.2 cm³/mol. The van der Waals surface area contributed by atoms with E-state index in [1.807, 2.05) is 6.92 Å². The molecule has 4 atom stereocenters. The van der Waals surface area contributed by atoms with Gasteiger partial charge in [0, 0.05) is 13.1 Å². The second-order valence-electron chi connectivity index (χ2n) is 6.41. The normalized spacial score (nSPS) is 31.3. The average Bonchev–Trinajstić information content (AvgIpc) is 3.14. The number of aliphatic imine (C=N–C) groups is 1. The van der Waals surface area contributed by atoms with Gasteiger partial charge in [0.15, 0.2) is 5.96 Å². The molecule has 0 aromatic heterocycles. The highest BCUT2D eigenvalue weighted by Gasteiger charge is 2.58. The number of likely N-dealkylation sites (tertiary alicyclic amines) is 1. The summed E-state index contributed by atoms with van der Waals surface area (Å²) in [5, 5.41) is 2.93. The van der Waals surface area contributed by atoms with Crippen molar-refractivity contribution in [2.75, 3.05) is 19.6 Å². The van der Waals surface area contributed by atoms with Gasteiger partial charge < -0.3 is 11.1 Å². The number of hydrogen-bond donors (Lipinski definition) is 2. The molecule has 1 aliphatic heterocycles. The van der Waals surface area contributed by atoms with Crippen LogP contribution >= 0.6 is 24.0 Å². The van der Waals surface area contributed by atoms with Crippen molar-refractivity contribution in [3.63, 3.8) is 0 Å². The molecule has 1 heterocycles. The van der Waals surface area contributed by atoms with Gasteiger partial charge >= 0.3 is 0 Å². The molecular weight excluding hydrogens is 407 g/mol. The average molecular weight is 430 g/mol. The molecule has 1 saturated heterocycles. The number of halogens is 1. The van der Waals surface area contributed by atoms with Crippen LogP contribution in [0.15, 0.2) is 29.3 Å². The molecule has 0 aromatic rings. The number of nitrogens with one attached hydrogen (secondary N) is 1. The van der Waals surface area contributed by atoms with E-state index in [9.17, 15) is 9.59 Å². The molecule has 2 bridgehead atoms. The van der Waals surface area contributed by atoms with E-state index < -0.39 is 0 Å². The molecule has 3 rings (SSSR count). The first kappa shape index (κ1) is 18.0. The Bertz CT molecular complexity index is 557. The van der Waals surface area contributed by atoms with Crippen LogP contribution in [0.25, 0.3) is 0 Å². The van der Waals surface area contributed by atoms with Crippen LogP contribution in [0.3, 0.4) is 0 Å². The third-order valence-electron chi connectivity index (χ3n) is 4.72. The Labute approximate surface area is 153 Å². The van der Waals surface area contributed by atoms with E-state index in [0.717, 1.165) is 12.0 Å². The summed E-state index contributed by atoms with van der Waals surface area (Å²) in [6.07, 6.45) is 5.15. The zero-order valence-corrected chi connectivity index (χ0v) is 15.5. The molecule has 3 aliphatic rings. The first-order chi connectivity index (χ1) is 10.5. The van der Waals surface area contributed by atoms with Crippen LogP contribution in [0.4, 0.5) is 0 Å². The van der Waals surface area contributed by atoms with E-state index in [0.29, 0.717) is 25.6 Å². The van der Waals surface area contributed by atoms with Gasteiger partial charge in [0.25, 0.3) is 0 Å². The van der Waals surface area contributed by atoms with Gasteiger partial charge in [-0.2, -0.15) is 0 Å². The van der Waals surface area contributed by atoms with Crippen LogP contribution in [0.1, 0.15) is 13.3 Å². The summed E-state index contributed by atoms with van der Waals surface area (Å²) in [5.74, 6) is 0.522. The molecule has 0 spiro atoms. The van der Waals surface area contributed by atoms with Gasteiger partial charge in [0.1, 0.15) is 0 Å². The Hall–Kier alpha value is -1.38. The van der Waals surface area contributed by atoms with Crippen molar-refractivity contribution in [1.29, 1.82) is 0 Å². The summed E-state index contributed by atoms with van der Waals surface area (Å²) < 4.78 is 0. The lowest BCUT2D eigenvalue weighted by Gasteiger charge is -2.17. The summed E-state index contributed by atoms with van der Waals surface area (Å²) >= 11 is 0. The molecule has 2 amide bonds. The maximum atomic E-state index is 12.4. The summed E-state index contributed by atoms with van der Waals surface area (Å²) in [6.45, 7) is 6.86. The highest BCUT2D eigenvalue weighted by atomic mass is 127. The summed E-state index contributed by atoms with van der Waals surface area (Å²) in [6, 6.07) is 0. The van der Waals surface area contributed by atoms with E-state index >= 15 is 0 Å². The fourth-order valence-electron chi connectivity index (χ4n) is 3.76. The van der Waals surface area contributed by atoms with Crippen LogP contribution in [0, 0.1) is 23.7 Å². The maximum absolute atomic E-state index is 12.4. The third kappa shape index (κ3) is 3.29. The highest BCUT2D eigenvalue weighted by molar-refractivity contribution is 14.0. The van der Waals surface area contributed by atoms with Crippen molar-refractivity contribution in [2.24, 2.45) is 34.4 Å². The van der Waals surface area contributed by atoms with E-state index in [1.165, 1.54) is 4.90 Å². The third-order valence-corrected chi connectivity index (χ3v) is 4.72. The fourth-order valence-corrected chi connectivity index (χ4v) is 3.76. The molecule has 2 fully saturated rings. The zero-order valence-electron chi connectivity index (χ0n) is 13.2. The van der Waals surface area contributed by atoms with Crippen molar-refractivity contribution in [3.8, 4) is 0 Å². The lowest BCUT2D eigenvalue weighted by molar-refractivity contribution is -0.140. The van der Waals surface area contributed by atoms with Gasteiger partial charge in [-0.25, -0.2) is 4.99 Å². The first-order valence-corrected chi connectivity index (χ1v) is 7.70. The molecule has 23 heavy (non-hydrogen) atoms. The molecular formula is C16H23IN4O2. The Morgan fingerprint density at radius 1 is 1.35 bits per heavy atom.